The minimum atomic E-state index is -5.41. The van der Waals surface area contributed by atoms with E-state index in [1.165, 1.54) is 24.3 Å². The molecule has 174 valence electrons. The molecule has 2 aromatic carbocycles. The monoisotopic (exact) mass is 480 g/mol. The van der Waals surface area contributed by atoms with Gasteiger partial charge in [-0.2, -0.15) is 13.2 Å². The number of nitrogens with one attached hydrogen (secondary N) is 1. The van der Waals surface area contributed by atoms with Crippen molar-refractivity contribution in [2.24, 2.45) is 0 Å². The van der Waals surface area contributed by atoms with Gasteiger partial charge in [-0.3, -0.25) is 9.59 Å². The fourth-order valence-corrected chi connectivity index (χ4v) is 3.69. The summed E-state index contributed by atoms with van der Waals surface area (Å²) in [6.45, 7) is 0.111. The van der Waals surface area contributed by atoms with Gasteiger partial charge >= 0.3 is 6.18 Å². The van der Waals surface area contributed by atoms with Crippen LogP contribution in [0.2, 0.25) is 0 Å². The smallest absolute Gasteiger partial charge is 0.373 e. The van der Waals surface area contributed by atoms with Crippen molar-refractivity contribution in [3.05, 3.63) is 53.6 Å². The van der Waals surface area contributed by atoms with E-state index in [1.807, 2.05) is 0 Å². The molecule has 0 saturated heterocycles. The predicted molar refractivity (Wildman–Crippen MR) is 102 cm³/mol. The number of benzene rings is 2. The third kappa shape index (κ3) is 4.58. The van der Waals surface area contributed by atoms with Crippen molar-refractivity contribution in [2.45, 2.75) is 28.5 Å². The van der Waals surface area contributed by atoms with Crippen molar-refractivity contribution in [2.75, 3.05) is 19.4 Å². The Labute approximate surface area is 179 Å². The first-order valence-electron chi connectivity index (χ1n) is 8.67. The zero-order chi connectivity index (χ0) is 24.6. The number of amides is 2. The zero-order valence-corrected chi connectivity index (χ0v) is 17.6. The number of carbonyl (C=O) groups is 2. The van der Waals surface area contributed by atoms with Crippen LogP contribution >= 0.6 is 0 Å². The van der Waals surface area contributed by atoms with E-state index in [0.717, 1.165) is 24.3 Å². The summed E-state index contributed by atoms with van der Waals surface area (Å²) >= 11 is 0. The number of hydrogen-bond acceptors (Lipinski definition) is 5. The second-order valence-corrected chi connectivity index (χ2v) is 8.91. The molecule has 0 saturated carbocycles. The van der Waals surface area contributed by atoms with Crippen molar-refractivity contribution in [3.63, 3.8) is 0 Å². The number of hydrogen-bond donors (Lipinski definition) is 2. The van der Waals surface area contributed by atoms with Gasteiger partial charge < -0.3 is 15.3 Å². The normalized spacial score (nSPS) is 13.9. The van der Waals surface area contributed by atoms with Gasteiger partial charge in [0, 0.05) is 19.7 Å². The Morgan fingerprint density at radius 3 is 1.97 bits per heavy atom. The first-order chi connectivity index (χ1) is 14.5. The van der Waals surface area contributed by atoms with Gasteiger partial charge in [0.1, 0.15) is 4.90 Å². The number of alkyl halides is 3. The maximum atomic E-state index is 14.5. The molecule has 2 amide bonds. The summed E-state index contributed by atoms with van der Waals surface area (Å²) in [6.07, 6.45) is -5.41. The largest absolute Gasteiger partial charge is 0.426 e. The molecular weight excluding hydrogens is 463 g/mol. The Morgan fingerprint density at radius 2 is 1.50 bits per heavy atom. The van der Waals surface area contributed by atoms with Crippen LogP contribution in [0, 0.1) is 11.6 Å². The lowest BCUT2D eigenvalue weighted by molar-refractivity contribution is -0.242. The van der Waals surface area contributed by atoms with Crippen LogP contribution in [0.1, 0.15) is 17.3 Å². The number of nitrogens with zero attached hydrogens (tertiary/aromatic N) is 1. The fourth-order valence-electron chi connectivity index (χ4n) is 2.37. The van der Waals surface area contributed by atoms with Crippen LogP contribution < -0.4 is 5.32 Å². The van der Waals surface area contributed by atoms with Crippen LogP contribution in [-0.4, -0.2) is 56.1 Å². The third-order valence-electron chi connectivity index (χ3n) is 4.40. The predicted octanol–water partition coefficient (Wildman–Crippen LogP) is 2.75. The van der Waals surface area contributed by atoms with Crippen LogP contribution in [0.3, 0.4) is 0 Å². The number of carbonyl (C=O) groups excluding carboxylic acids is 2. The van der Waals surface area contributed by atoms with E-state index in [-0.39, 0.29) is 12.5 Å². The second kappa shape index (κ2) is 8.47. The maximum Gasteiger partial charge on any atom is 0.426 e. The molecule has 2 N–H and O–H groups in total. The fraction of sp³-hybridized carbons (Fsp3) is 0.263. The number of sulfone groups is 1. The summed E-state index contributed by atoms with van der Waals surface area (Å²) in [6, 6.07) is 5.41. The lowest BCUT2D eigenvalue weighted by Gasteiger charge is -2.25. The van der Waals surface area contributed by atoms with Gasteiger partial charge in [0.15, 0.2) is 11.6 Å². The molecule has 0 aromatic heterocycles. The van der Waals surface area contributed by atoms with Gasteiger partial charge in [0.05, 0.1) is 10.6 Å². The maximum absolute atomic E-state index is 14.5. The summed E-state index contributed by atoms with van der Waals surface area (Å²) < 4.78 is 92.3. The van der Waals surface area contributed by atoms with Crippen molar-refractivity contribution in [1.29, 1.82) is 0 Å². The molecule has 2 aromatic rings. The summed E-state index contributed by atoms with van der Waals surface area (Å²) in [5, 5.41) is 10.7. The van der Waals surface area contributed by atoms with Crippen LogP contribution in [0.5, 0.6) is 0 Å². The van der Waals surface area contributed by atoms with Crippen LogP contribution in [0.25, 0.3) is 0 Å². The quantitative estimate of drug-likeness (QED) is 0.641. The van der Waals surface area contributed by atoms with Crippen LogP contribution in [-0.2, 0) is 14.6 Å². The van der Waals surface area contributed by atoms with E-state index < -0.39 is 60.5 Å². The molecule has 7 nitrogen and oxygen atoms in total. The Hall–Kier alpha value is -3.06. The lowest BCUT2D eigenvalue weighted by Crippen LogP contribution is -2.52. The van der Waals surface area contributed by atoms with E-state index in [2.05, 4.69) is 0 Å². The standard InChI is InChI=1S/C19H17F5N2O5S/c1-18(29,19(22,23)24)17(28)25-12-8-9-13(15(21)14(12)20)32(30,31)11-6-4-10(5-7-11)16(27)26(2)3/h4-9,29H,1-3H3,(H,25,28)/t18-/m1/s1. The SMILES string of the molecule is CN(C)C(=O)c1ccc(S(=O)(=O)c2ccc(NC(=O)[C@@](C)(O)C(F)(F)F)c(F)c2F)cc1. The summed E-state index contributed by atoms with van der Waals surface area (Å²) in [5.41, 5.74) is -4.88. The van der Waals surface area contributed by atoms with E-state index in [4.69, 9.17) is 0 Å². The summed E-state index contributed by atoms with van der Waals surface area (Å²) in [7, 11) is -1.69. The Balaban J connectivity index is 2.41. The first-order valence-corrected chi connectivity index (χ1v) is 10.2. The number of aliphatic hydroxyl groups is 1. The molecule has 13 heteroatoms. The average molecular weight is 480 g/mol. The number of anilines is 1. The number of rotatable bonds is 5. The highest BCUT2D eigenvalue weighted by Crippen LogP contribution is 2.33. The highest BCUT2D eigenvalue weighted by molar-refractivity contribution is 7.91. The Kier molecular flexibility index (Phi) is 6.67. The van der Waals surface area contributed by atoms with Gasteiger partial charge in [-0.05, 0) is 43.3 Å². The van der Waals surface area contributed by atoms with Gasteiger partial charge in [-0.25, -0.2) is 17.2 Å². The minimum absolute atomic E-state index is 0.111. The van der Waals surface area contributed by atoms with E-state index in [0.29, 0.717) is 12.1 Å². The molecule has 0 fully saturated rings. The van der Waals surface area contributed by atoms with Gasteiger partial charge in [0.25, 0.3) is 11.8 Å². The molecule has 0 heterocycles. The molecule has 0 spiro atoms. The molecule has 2 rings (SSSR count). The molecule has 0 radical (unpaired) electrons. The highest BCUT2D eigenvalue weighted by atomic mass is 32.2. The molecule has 1 atom stereocenters. The molecular formula is C19H17F5N2O5S. The summed E-state index contributed by atoms with van der Waals surface area (Å²) in [4.78, 5) is 23.1. The van der Waals surface area contributed by atoms with E-state index in [1.54, 1.807) is 0 Å². The van der Waals surface area contributed by atoms with Crippen molar-refractivity contribution in [1.82, 2.24) is 4.90 Å². The van der Waals surface area contributed by atoms with Gasteiger partial charge in [0.2, 0.25) is 15.4 Å². The van der Waals surface area contributed by atoms with Crippen molar-refractivity contribution < 1.29 is 45.1 Å². The van der Waals surface area contributed by atoms with Crippen molar-refractivity contribution in [3.8, 4) is 0 Å². The molecule has 0 aliphatic carbocycles. The van der Waals surface area contributed by atoms with E-state index in [9.17, 15) is 45.1 Å². The van der Waals surface area contributed by atoms with Crippen LogP contribution in [0.4, 0.5) is 27.6 Å². The lowest BCUT2D eigenvalue weighted by atomic mass is 10.1. The molecule has 0 bridgehead atoms. The number of halogens is 5. The summed E-state index contributed by atoms with van der Waals surface area (Å²) in [5.74, 6) is -6.43. The topological polar surface area (TPSA) is 104 Å². The van der Waals surface area contributed by atoms with E-state index >= 15 is 0 Å². The van der Waals surface area contributed by atoms with Crippen LogP contribution in [0.15, 0.2) is 46.2 Å². The van der Waals surface area contributed by atoms with Crippen molar-refractivity contribution >= 4 is 27.3 Å². The molecule has 0 aliphatic rings. The molecule has 0 unspecified atom stereocenters. The van der Waals surface area contributed by atoms with Gasteiger partial charge in [-0.1, -0.05) is 0 Å². The second-order valence-electron chi connectivity index (χ2n) is 6.99. The average Bonchev–Trinajstić information content (AvgIpc) is 2.69. The Morgan fingerprint density at radius 1 is 0.969 bits per heavy atom. The third-order valence-corrected chi connectivity index (χ3v) is 6.18. The molecule has 32 heavy (non-hydrogen) atoms. The zero-order valence-electron chi connectivity index (χ0n) is 16.8. The van der Waals surface area contributed by atoms with Gasteiger partial charge in [-0.15, -0.1) is 0 Å². The first kappa shape index (κ1) is 25.2. The highest BCUT2D eigenvalue weighted by Gasteiger charge is 2.56. The minimum Gasteiger partial charge on any atom is -0.373 e. The molecule has 0 aliphatic heterocycles. The Bertz CT molecular complexity index is 1160.